The van der Waals surface area contributed by atoms with Crippen LogP contribution in [0.2, 0.25) is 0 Å². The molecule has 1 aliphatic rings. The fraction of sp³-hybridized carbons (Fsp3) is 0.611. The van der Waals surface area contributed by atoms with Gasteiger partial charge in [0.25, 0.3) is 0 Å². The van der Waals surface area contributed by atoms with Crippen LogP contribution in [0.25, 0.3) is 0 Å². The second kappa shape index (κ2) is 8.89. The highest BCUT2D eigenvalue weighted by molar-refractivity contribution is 6.04. The first-order valence-corrected chi connectivity index (χ1v) is 8.23. The van der Waals surface area contributed by atoms with Crippen molar-refractivity contribution in [1.82, 2.24) is 0 Å². The van der Waals surface area contributed by atoms with Crippen LogP contribution >= 0.6 is 0 Å². The molecule has 128 valence electrons. The third kappa shape index (κ3) is 4.94. The van der Waals surface area contributed by atoms with E-state index in [4.69, 9.17) is 23.9 Å². The lowest BCUT2D eigenvalue weighted by atomic mass is 10.1. The molecular weight excluding hydrogens is 294 g/mol. The summed E-state index contributed by atoms with van der Waals surface area (Å²) in [6.45, 7) is 5.68. The molecule has 5 nitrogen and oxygen atoms in total. The highest BCUT2D eigenvalue weighted by Gasteiger charge is 2.29. The Kier molecular flexibility index (Phi) is 6.86. The smallest absolute Gasteiger partial charge is 0.176 e. The monoisotopic (exact) mass is 321 g/mol. The molecule has 0 N–H and O–H groups in total. The Morgan fingerprint density at radius 3 is 2.26 bits per heavy atom. The van der Waals surface area contributed by atoms with Gasteiger partial charge in [0.2, 0.25) is 0 Å². The molecule has 0 aromatic heterocycles. The summed E-state index contributed by atoms with van der Waals surface area (Å²) >= 11 is 0. The molecule has 1 aromatic rings. The first-order valence-electron chi connectivity index (χ1n) is 8.23. The number of nitrogens with zero attached hydrogens (tertiary/aromatic N) is 1. The molecule has 0 amide bonds. The molecule has 0 heterocycles. The molecule has 1 saturated carbocycles. The summed E-state index contributed by atoms with van der Waals surface area (Å²) in [5, 5.41) is 0. The van der Waals surface area contributed by atoms with Crippen LogP contribution in [0.4, 0.5) is 0 Å². The summed E-state index contributed by atoms with van der Waals surface area (Å²) < 4.78 is 21.9. The summed E-state index contributed by atoms with van der Waals surface area (Å²) in [6.07, 6.45) is 2.08. The summed E-state index contributed by atoms with van der Waals surface area (Å²) in [5.74, 6) is 1.98. The second-order valence-corrected chi connectivity index (χ2v) is 5.41. The molecule has 0 saturated heterocycles. The SMILES string of the molecule is CCOC(CN=C(c1ccc(OC)c(OC)c1)C1CC1)OCC. The molecule has 0 aliphatic heterocycles. The van der Waals surface area contributed by atoms with Gasteiger partial charge in [-0.3, -0.25) is 4.99 Å². The molecule has 23 heavy (non-hydrogen) atoms. The van der Waals surface area contributed by atoms with E-state index < -0.39 is 0 Å². The van der Waals surface area contributed by atoms with E-state index in [0.717, 1.165) is 22.8 Å². The molecule has 1 aliphatic carbocycles. The third-order valence-corrected chi connectivity index (χ3v) is 3.76. The molecule has 0 atom stereocenters. The Morgan fingerprint density at radius 1 is 1.09 bits per heavy atom. The molecule has 0 spiro atoms. The predicted molar refractivity (Wildman–Crippen MR) is 90.7 cm³/mol. The summed E-state index contributed by atoms with van der Waals surface area (Å²) in [4.78, 5) is 4.79. The van der Waals surface area contributed by atoms with Crippen molar-refractivity contribution in [3.05, 3.63) is 23.8 Å². The quantitative estimate of drug-likeness (QED) is 0.490. The number of methoxy groups -OCH3 is 2. The number of ether oxygens (including phenoxy) is 4. The minimum absolute atomic E-state index is 0.279. The van der Waals surface area contributed by atoms with E-state index in [1.165, 1.54) is 12.8 Å². The maximum atomic E-state index is 5.58. The van der Waals surface area contributed by atoms with Crippen LogP contribution in [0.3, 0.4) is 0 Å². The maximum Gasteiger partial charge on any atom is 0.176 e. The first-order chi connectivity index (χ1) is 11.2. The largest absolute Gasteiger partial charge is 0.493 e. The van der Waals surface area contributed by atoms with Gasteiger partial charge in [-0.2, -0.15) is 0 Å². The van der Waals surface area contributed by atoms with Crippen LogP contribution in [0, 0.1) is 5.92 Å². The van der Waals surface area contributed by atoms with Crippen molar-refractivity contribution in [1.29, 1.82) is 0 Å². The van der Waals surface area contributed by atoms with Crippen LogP contribution in [-0.2, 0) is 9.47 Å². The zero-order valence-corrected chi connectivity index (χ0v) is 14.5. The molecular formula is C18H27NO4. The highest BCUT2D eigenvalue weighted by Crippen LogP contribution is 2.36. The Labute approximate surface area is 138 Å². The minimum atomic E-state index is -0.279. The highest BCUT2D eigenvalue weighted by atomic mass is 16.7. The number of benzene rings is 1. The van der Waals surface area contributed by atoms with Crippen molar-refractivity contribution in [2.45, 2.75) is 33.0 Å². The molecule has 0 unspecified atom stereocenters. The van der Waals surface area contributed by atoms with E-state index in [9.17, 15) is 0 Å². The Morgan fingerprint density at radius 2 is 1.74 bits per heavy atom. The third-order valence-electron chi connectivity index (χ3n) is 3.76. The van der Waals surface area contributed by atoms with Gasteiger partial charge in [-0.1, -0.05) is 0 Å². The zero-order chi connectivity index (χ0) is 16.7. The number of hydrogen-bond acceptors (Lipinski definition) is 5. The van der Waals surface area contributed by atoms with Gasteiger partial charge in [0.1, 0.15) is 0 Å². The maximum absolute atomic E-state index is 5.58. The lowest BCUT2D eigenvalue weighted by Gasteiger charge is -2.16. The van der Waals surface area contributed by atoms with Crippen LogP contribution in [-0.4, -0.2) is 46.0 Å². The van der Waals surface area contributed by atoms with Gasteiger partial charge in [0, 0.05) is 24.8 Å². The molecule has 1 aromatic carbocycles. The number of hydrogen-bond donors (Lipinski definition) is 0. The summed E-state index contributed by atoms with van der Waals surface area (Å²) in [5.41, 5.74) is 2.19. The first kappa shape index (κ1) is 17.8. The normalized spacial score (nSPS) is 15.1. The van der Waals surface area contributed by atoms with Gasteiger partial charge in [0.15, 0.2) is 17.8 Å². The fourth-order valence-electron chi connectivity index (χ4n) is 2.51. The van der Waals surface area contributed by atoms with Gasteiger partial charge in [-0.05, 0) is 50.5 Å². The summed E-state index contributed by atoms with van der Waals surface area (Å²) in [7, 11) is 3.29. The van der Waals surface area contributed by atoms with E-state index in [1.807, 2.05) is 32.0 Å². The lowest BCUT2D eigenvalue weighted by molar-refractivity contribution is -0.128. The molecule has 1 fully saturated rings. The van der Waals surface area contributed by atoms with Crippen molar-refractivity contribution in [2.24, 2.45) is 10.9 Å². The van der Waals surface area contributed by atoms with E-state index in [1.54, 1.807) is 14.2 Å². The molecule has 2 rings (SSSR count). The predicted octanol–water partition coefficient (Wildman–Crippen LogP) is 3.30. The zero-order valence-electron chi connectivity index (χ0n) is 14.5. The molecule has 5 heteroatoms. The fourth-order valence-corrected chi connectivity index (χ4v) is 2.51. The van der Waals surface area contributed by atoms with Crippen LogP contribution in [0.15, 0.2) is 23.2 Å². The van der Waals surface area contributed by atoms with Gasteiger partial charge in [0.05, 0.1) is 20.8 Å². The summed E-state index contributed by atoms with van der Waals surface area (Å²) in [6, 6.07) is 5.95. The van der Waals surface area contributed by atoms with Crippen molar-refractivity contribution in [2.75, 3.05) is 34.0 Å². The number of rotatable bonds is 10. The minimum Gasteiger partial charge on any atom is -0.493 e. The standard InChI is InChI=1S/C18H27NO4/c1-5-22-17(23-6-2)12-19-18(13-7-8-13)14-9-10-15(20-3)16(11-14)21-4/h9-11,13,17H,5-8,12H2,1-4H3. The van der Waals surface area contributed by atoms with Crippen LogP contribution in [0.1, 0.15) is 32.3 Å². The van der Waals surface area contributed by atoms with E-state index in [2.05, 4.69) is 0 Å². The van der Waals surface area contributed by atoms with Gasteiger partial charge in [-0.15, -0.1) is 0 Å². The van der Waals surface area contributed by atoms with Crippen LogP contribution in [0.5, 0.6) is 11.5 Å². The van der Waals surface area contributed by atoms with E-state index >= 15 is 0 Å². The number of aliphatic imine (C=N–C) groups is 1. The average molecular weight is 321 g/mol. The van der Waals surface area contributed by atoms with Gasteiger partial charge >= 0.3 is 0 Å². The van der Waals surface area contributed by atoms with Crippen molar-refractivity contribution in [3.63, 3.8) is 0 Å². The molecule has 0 bridgehead atoms. The van der Waals surface area contributed by atoms with Crippen molar-refractivity contribution >= 4 is 5.71 Å². The van der Waals surface area contributed by atoms with Crippen LogP contribution < -0.4 is 9.47 Å². The lowest BCUT2D eigenvalue weighted by Crippen LogP contribution is -2.22. The molecule has 0 radical (unpaired) electrons. The Bertz CT molecular complexity index is 520. The van der Waals surface area contributed by atoms with E-state index in [0.29, 0.717) is 25.7 Å². The topological polar surface area (TPSA) is 49.3 Å². The van der Waals surface area contributed by atoms with Gasteiger partial charge < -0.3 is 18.9 Å². The van der Waals surface area contributed by atoms with Gasteiger partial charge in [-0.25, -0.2) is 0 Å². The second-order valence-electron chi connectivity index (χ2n) is 5.41. The van der Waals surface area contributed by atoms with E-state index in [-0.39, 0.29) is 6.29 Å². The Balaban J connectivity index is 2.19. The van der Waals surface area contributed by atoms with Crippen molar-refractivity contribution < 1.29 is 18.9 Å². The van der Waals surface area contributed by atoms with Crippen molar-refractivity contribution in [3.8, 4) is 11.5 Å². The average Bonchev–Trinajstić information content (AvgIpc) is 3.40. The Hall–Kier alpha value is -1.59.